The number of hydrogen-bond donors (Lipinski definition) is 1. The molecule has 1 heterocycles. The Bertz CT molecular complexity index is 965. The molecule has 31 heavy (non-hydrogen) atoms. The Kier molecular flexibility index (Phi) is 7.13. The van der Waals surface area contributed by atoms with Crippen LogP contribution in [-0.2, 0) is 14.3 Å². The lowest BCUT2D eigenvalue weighted by molar-refractivity contribution is -0.140. The average Bonchev–Trinajstić information content (AvgIpc) is 2.98. The third kappa shape index (κ3) is 5.14. The second kappa shape index (κ2) is 9.79. The number of amides is 1. The molecule has 0 spiro atoms. The number of benzene rings is 2. The molecule has 2 aromatic rings. The van der Waals surface area contributed by atoms with Crippen molar-refractivity contribution in [2.75, 3.05) is 13.2 Å². The van der Waals surface area contributed by atoms with Crippen LogP contribution in [0.1, 0.15) is 44.9 Å². The number of aliphatic hydroxyl groups is 1. The maximum atomic E-state index is 13.0. The standard InChI is InChI=1S/C25H29NO5/c1-16(2)30-14-13-26-22(18-9-6-5-7-10-18)21(24(28)25(26)29)23(27)19-11-8-12-20(15-19)31-17(3)4/h5-12,15-17,22,27H,13-14H2,1-4H3/b23-21-. The Hall–Kier alpha value is -3.12. The molecule has 6 nitrogen and oxygen atoms in total. The van der Waals surface area contributed by atoms with Crippen LogP contribution in [0.3, 0.4) is 0 Å². The van der Waals surface area contributed by atoms with Crippen molar-refractivity contribution in [1.82, 2.24) is 4.90 Å². The monoisotopic (exact) mass is 423 g/mol. The van der Waals surface area contributed by atoms with Crippen LogP contribution in [0.25, 0.3) is 5.76 Å². The van der Waals surface area contributed by atoms with E-state index in [1.54, 1.807) is 24.3 Å². The number of Topliss-reactive ketones (excluding diaryl/α,β-unsaturated/α-hetero) is 1. The summed E-state index contributed by atoms with van der Waals surface area (Å²) < 4.78 is 11.3. The van der Waals surface area contributed by atoms with Gasteiger partial charge in [-0.15, -0.1) is 0 Å². The van der Waals surface area contributed by atoms with Crippen LogP contribution in [0.4, 0.5) is 0 Å². The fraction of sp³-hybridized carbons (Fsp3) is 0.360. The molecule has 0 saturated carbocycles. The van der Waals surface area contributed by atoms with Gasteiger partial charge in [-0.3, -0.25) is 9.59 Å². The van der Waals surface area contributed by atoms with Gasteiger partial charge < -0.3 is 19.5 Å². The average molecular weight is 424 g/mol. The minimum atomic E-state index is -0.703. The first-order chi connectivity index (χ1) is 14.8. The summed E-state index contributed by atoms with van der Waals surface area (Å²) in [5.41, 5.74) is 1.25. The summed E-state index contributed by atoms with van der Waals surface area (Å²) in [6.07, 6.45) is -0.0241. The number of carbonyl (C=O) groups excluding carboxylic acids is 2. The van der Waals surface area contributed by atoms with Gasteiger partial charge in [-0.05, 0) is 45.4 Å². The Balaban J connectivity index is 2.05. The van der Waals surface area contributed by atoms with E-state index in [1.165, 1.54) is 4.90 Å². The molecule has 1 saturated heterocycles. The van der Waals surface area contributed by atoms with E-state index in [-0.39, 0.29) is 30.1 Å². The normalized spacial score (nSPS) is 18.3. The molecule has 1 atom stereocenters. The van der Waals surface area contributed by atoms with Crippen LogP contribution in [0.5, 0.6) is 5.75 Å². The first-order valence-electron chi connectivity index (χ1n) is 10.5. The highest BCUT2D eigenvalue weighted by atomic mass is 16.5. The maximum absolute atomic E-state index is 13.0. The van der Waals surface area contributed by atoms with Crippen molar-refractivity contribution in [2.24, 2.45) is 0 Å². The van der Waals surface area contributed by atoms with Crippen molar-refractivity contribution in [3.8, 4) is 5.75 Å². The summed E-state index contributed by atoms with van der Waals surface area (Å²) in [5.74, 6) is -0.980. The largest absolute Gasteiger partial charge is 0.507 e. The number of aliphatic hydroxyl groups excluding tert-OH is 1. The third-order valence-corrected chi connectivity index (χ3v) is 4.92. The molecule has 1 aliphatic rings. The minimum Gasteiger partial charge on any atom is -0.507 e. The second-order valence-corrected chi connectivity index (χ2v) is 8.02. The lowest BCUT2D eigenvalue weighted by Gasteiger charge is -2.25. The van der Waals surface area contributed by atoms with Crippen LogP contribution >= 0.6 is 0 Å². The smallest absolute Gasteiger partial charge is 0.295 e. The molecule has 1 unspecified atom stereocenters. The van der Waals surface area contributed by atoms with Gasteiger partial charge in [-0.2, -0.15) is 0 Å². The van der Waals surface area contributed by atoms with Crippen molar-refractivity contribution in [2.45, 2.75) is 45.9 Å². The molecule has 0 bridgehead atoms. The molecule has 6 heteroatoms. The maximum Gasteiger partial charge on any atom is 0.295 e. The molecule has 2 aromatic carbocycles. The quantitative estimate of drug-likeness (QED) is 0.389. The van der Waals surface area contributed by atoms with Crippen LogP contribution < -0.4 is 4.74 Å². The first kappa shape index (κ1) is 22.6. The lowest BCUT2D eigenvalue weighted by Crippen LogP contribution is -2.33. The number of ether oxygens (including phenoxy) is 2. The number of ketones is 1. The van der Waals surface area contributed by atoms with Gasteiger partial charge in [0.05, 0.1) is 30.4 Å². The van der Waals surface area contributed by atoms with Crippen molar-refractivity contribution in [3.05, 3.63) is 71.3 Å². The molecular weight excluding hydrogens is 394 g/mol. The van der Waals surface area contributed by atoms with E-state index >= 15 is 0 Å². The Morgan fingerprint density at radius 3 is 2.35 bits per heavy atom. The molecule has 0 radical (unpaired) electrons. The summed E-state index contributed by atoms with van der Waals surface area (Å²) in [4.78, 5) is 27.3. The Labute approximate surface area is 183 Å². The molecule has 1 N–H and O–H groups in total. The summed E-state index contributed by atoms with van der Waals surface area (Å²) in [5, 5.41) is 11.1. The van der Waals surface area contributed by atoms with Gasteiger partial charge in [0, 0.05) is 12.1 Å². The third-order valence-electron chi connectivity index (χ3n) is 4.92. The molecule has 0 aromatic heterocycles. The molecule has 1 amide bonds. The van der Waals surface area contributed by atoms with Crippen LogP contribution in [0, 0.1) is 0 Å². The fourth-order valence-electron chi connectivity index (χ4n) is 3.62. The number of carbonyl (C=O) groups is 2. The van der Waals surface area contributed by atoms with Gasteiger partial charge in [0.25, 0.3) is 11.7 Å². The number of hydrogen-bond acceptors (Lipinski definition) is 5. The van der Waals surface area contributed by atoms with Gasteiger partial charge in [-0.25, -0.2) is 0 Å². The van der Waals surface area contributed by atoms with Crippen molar-refractivity contribution in [3.63, 3.8) is 0 Å². The van der Waals surface area contributed by atoms with Gasteiger partial charge in [0.2, 0.25) is 0 Å². The van der Waals surface area contributed by atoms with Gasteiger partial charge >= 0.3 is 0 Å². The van der Waals surface area contributed by atoms with Gasteiger partial charge in [0.15, 0.2) is 0 Å². The van der Waals surface area contributed by atoms with Crippen LogP contribution in [0.2, 0.25) is 0 Å². The summed E-state index contributed by atoms with van der Waals surface area (Å²) in [6.45, 7) is 8.19. The van der Waals surface area contributed by atoms with E-state index in [0.29, 0.717) is 17.9 Å². The van der Waals surface area contributed by atoms with Gasteiger partial charge in [0.1, 0.15) is 11.5 Å². The molecule has 0 aliphatic carbocycles. The van der Waals surface area contributed by atoms with Crippen molar-refractivity contribution < 1.29 is 24.2 Å². The predicted molar refractivity (Wildman–Crippen MR) is 119 cm³/mol. The van der Waals surface area contributed by atoms with E-state index in [1.807, 2.05) is 58.0 Å². The fourth-order valence-corrected chi connectivity index (χ4v) is 3.62. The Morgan fingerprint density at radius 1 is 1.00 bits per heavy atom. The summed E-state index contributed by atoms with van der Waals surface area (Å²) in [7, 11) is 0. The van der Waals surface area contributed by atoms with E-state index in [4.69, 9.17) is 9.47 Å². The highest BCUT2D eigenvalue weighted by Gasteiger charge is 2.45. The molecule has 1 fully saturated rings. The zero-order valence-corrected chi connectivity index (χ0v) is 18.4. The minimum absolute atomic E-state index is 0.00990. The summed E-state index contributed by atoms with van der Waals surface area (Å²) >= 11 is 0. The zero-order chi connectivity index (χ0) is 22.5. The lowest BCUT2D eigenvalue weighted by atomic mass is 9.95. The van der Waals surface area contributed by atoms with Crippen LogP contribution in [0.15, 0.2) is 60.2 Å². The molecule has 164 valence electrons. The first-order valence-corrected chi connectivity index (χ1v) is 10.5. The molecular formula is C25H29NO5. The highest BCUT2D eigenvalue weighted by molar-refractivity contribution is 6.46. The zero-order valence-electron chi connectivity index (χ0n) is 18.4. The van der Waals surface area contributed by atoms with E-state index < -0.39 is 17.7 Å². The number of likely N-dealkylation sites (tertiary alicyclic amines) is 1. The van der Waals surface area contributed by atoms with Crippen molar-refractivity contribution in [1.29, 1.82) is 0 Å². The topological polar surface area (TPSA) is 76.1 Å². The van der Waals surface area contributed by atoms with Gasteiger partial charge in [-0.1, -0.05) is 42.5 Å². The van der Waals surface area contributed by atoms with E-state index in [0.717, 1.165) is 5.56 Å². The second-order valence-electron chi connectivity index (χ2n) is 8.02. The van der Waals surface area contributed by atoms with Crippen LogP contribution in [-0.4, -0.2) is 47.1 Å². The number of rotatable bonds is 8. The van der Waals surface area contributed by atoms with E-state index in [2.05, 4.69) is 0 Å². The SMILES string of the molecule is CC(C)OCCN1C(=O)C(=O)/C(=C(\O)c2cccc(OC(C)C)c2)C1c1ccccc1. The highest BCUT2D eigenvalue weighted by Crippen LogP contribution is 2.39. The van der Waals surface area contributed by atoms with Crippen molar-refractivity contribution >= 4 is 17.4 Å². The Morgan fingerprint density at radius 2 is 1.71 bits per heavy atom. The molecule has 1 aliphatic heterocycles. The number of nitrogens with zero attached hydrogens (tertiary/aromatic N) is 1. The van der Waals surface area contributed by atoms with E-state index in [9.17, 15) is 14.7 Å². The summed E-state index contributed by atoms with van der Waals surface area (Å²) in [6, 6.07) is 15.5. The predicted octanol–water partition coefficient (Wildman–Crippen LogP) is 4.32. The molecule has 3 rings (SSSR count).